The summed E-state index contributed by atoms with van der Waals surface area (Å²) < 4.78 is 1.58. The minimum atomic E-state index is -0.0967. The van der Waals surface area contributed by atoms with Crippen molar-refractivity contribution in [3.8, 4) is 0 Å². The number of carbonyl (C=O) groups excluding carboxylic acids is 1. The Labute approximate surface area is 105 Å². The van der Waals surface area contributed by atoms with Crippen molar-refractivity contribution in [2.75, 3.05) is 7.05 Å². The van der Waals surface area contributed by atoms with Gasteiger partial charge in [0.2, 0.25) is 0 Å². The third-order valence-electron chi connectivity index (χ3n) is 2.59. The summed E-state index contributed by atoms with van der Waals surface area (Å²) in [7, 11) is 3.47. The normalized spacial score (nSPS) is 10.7. The van der Waals surface area contributed by atoms with Crippen molar-refractivity contribution in [3.63, 3.8) is 0 Å². The van der Waals surface area contributed by atoms with Crippen molar-refractivity contribution in [1.82, 2.24) is 29.9 Å². The van der Waals surface area contributed by atoms with Crippen LogP contribution >= 0.6 is 0 Å². The Balaban J connectivity index is 2.11. The first-order chi connectivity index (χ1) is 8.47. The van der Waals surface area contributed by atoms with Crippen molar-refractivity contribution in [1.29, 1.82) is 0 Å². The summed E-state index contributed by atoms with van der Waals surface area (Å²) in [6.45, 7) is 4.05. The zero-order chi connectivity index (χ0) is 13.3. The molecule has 0 aromatic carbocycles. The molecule has 0 radical (unpaired) electrons. The molecule has 2 heterocycles. The predicted octanol–water partition coefficient (Wildman–Crippen LogP) is 0.427. The van der Waals surface area contributed by atoms with Gasteiger partial charge in [-0.25, -0.2) is 4.98 Å². The van der Waals surface area contributed by atoms with Gasteiger partial charge in [0.15, 0.2) is 5.82 Å². The molecule has 0 saturated heterocycles. The highest BCUT2D eigenvalue weighted by molar-refractivity contribution is 5.92. The smallest absolute Gasteiger partial charge is 0.272 e. The Morgan fingerprint density at radius 1 is 1.50 bits per heavy atom. The van der Waals surface area contributed by atoms with Gasteiger partial charge in [-0.3, -0.25) is 14.6 Å². The summed E-state index contributed by atoms with van der Waals surface area (Å²) in [4.78, 5) is 17.9. The molecule has 0 aliphatic rings. The zero-order valence-electron chi connectivity index (χ0n) is 10.9. The van der Waals surface area contributed by atoms with Crippen LogP contribution < -0.4 is 0 Å². The van der Waals surface area contributed by atoms with Crippen LogP contribution in [-0.2, 0) is 13.6 Å². The topological polar surface area (TPSA) is 79.7 Å². The number of hydrogen-bond donors (Lipinski definition) is 1. The quantitative estimate of drug-likeness (QED) is 0.854. The second-order valence-corrected chi connectivity index (χ2v) is 4.29. The third-order valence-corrected chi connectivity index (χ3v) is 2.59. The van der Waals surface area contributed by atoms with Crippen LogP contribution in [0.5, 0.6) is 0 Å². The summed E-state index contributed by atoms with van der Waals surface area (Å²) in [5, 5.41) is 10.9. The fourth-order valence-electron chi connectivity index (χ4n) is 1.75. The molecule has 0 unspecified atom stereocenters. The largest absolute Gasteiger partial charge is 0.333 e. The zero-order valence-corrected chi connectivity index (χ0v) is 10.9. The highest BCUT2D eigenvalue weighted by atomic mass is 16.2. The molecule has 0 aliphatic carbocycles. The molecular weight excluding hydrogens is 232 g/mol. The van der Waals surface area contributed by atoms with E-state index in [1.165, 1.54) is 0 Å². The lowest BCUT2D eigenvalue weighted by Crippen LogP contribution is -2.28. The number of H-pyrrole nitrogens is 1. The number of aromatic amines is 1. The van der Waals surface area contributed by atoms with Crippen molar-refractivity contribution >= 4 is 5.91 Å². The van der Waals surface area contributed by atoms with Crippen molar-refractivity contribution < 1.29 is 4.79 Å². The summed E-state index contributed by atoms with van der Waals surface area (Å²) >= 11 is 0. The number of aromatic nitrogens is 5. The van der Waals surface area contributed by atoms with Gasteiger partial charge in [0.1, 0.15) is 11.5 Å². The summed E-state index contributed by atoms with van der Waals surface area (Å²) in [5.74, 6) is 1.24. The fraction of sp³-hybridized carbons (Fsp3) is 0.455. The van der Waals surface area contributed by atoms with Gasteiger partial charge in [-0.1, -0.05) is 0 Å². The van der Waals surface area contributed by atoms with E-state index in [0.717, 1.165) is 11.5 Å². The van der Waals surface area contributed by atoms with Crippen LogP contribution in [0.4, 0.5) is 0 Å². The monoisotopic (exact) mass is 248 g/mol. The Morgan fingerprint density at radius 3 is 2.72 bits per heavy atom. The average molecular weight is 248 g/mol. The maximum Gasteiger partial charge on any atom is 0.272 e. The molecule has 0 fully saturated rings. The number of carbonyl (C=O) groups is 1. The van der Waals surface area contributed by atoms with Crippen LogP contribution in [-0.4, -0.2) is 42.8 Å². The van der Waals surface area contributed by atoms with E-state index >= 15 is 0 Å². The lowest BCUT2D eigenvalue weighted by Gasteiger charge is -2.14. The Hall–Kier alpha value is -2.18. The average Bonchev–Trinajstić information content (AvgIpc) is 2.84. The third kappa shape index (κ3) is 2.39. The van der Waals surface area contributed by atoms with Gasteiger partial charge in [-0.2, -0.15) is 10.2 Å². The van der Waals surface area contributed by atoms with E-state index in [4.69, 9.17) is 0 Å². The van der Waals surface area contributed by atoms with Crippen molar-refractivity contribution in [2.45, 2.75) is 20.4 Å². The lowest BCUT2D eigenvalue weighted by atomic mass is 10.3. The van der Waals surface area contributed by atoms with Crippen molar-refractivity contribution in [3.05, 3.63) is 29.1 Å². The molecule has 96 valence electrons. The standard InChI is InChI=1S/C11H16N6O/c1-7-5-9(17(4)15-7)11(18)16(3)6-10-12-8(2)13-14-10/h5H,6H2,1-4H3,(H,12,13,14). The molecule has 0 aliphatic heterocycles. The van der Waals surface area contributed by atoms with E-state index in [2.05, 4.69) is 20.3 Å². The van der Waals surface area contributed by atoms with Crippen LogP contribution in [0.25, 0.3) is 0 Å². The highest BCUT2D eigenvalue weighted by Crippen LogP contribution is 2.07. The van der Waals surface area contributed by atoms with Gasteiger partial charge in [-0.15, -0.1) is 0 Å². The van der Waals surface area contributed by atoms with Crippen LogP contribution in [0.1, 0.15) is 27.8 Å². The molecule has 2 aromatic heterocycles. The Morgan fingerprint density at radius 2 is 2.22 bits per heavy atom. The van der Waals surface area contributed by atoms with Crippen LogP contribution in [0.3, 0.4) is 0 Å². The number of nitrogens with one attached hydrogen (secondary N) is 1. The molecule has 1 N–H and O–H groups in total. The molecular formula is C11H16N6O. The number of hydrogen-bond acceptors (Lipinski definition) is 4. The molecule has 2 rings (SSSR count). The first-order valence-corrected chi connectivity index (χ1v) is 5.61. The van der Waals surface area contributed by atoms with Crippen LogP contribution in [0.2, 0.25) is 0 Å². The van der Waals surface area contributed by atoms with Gasteiger partial charge in [0.25, 0.3) is 5.91 Å². The molecule has 7 nitrogen and oxygen atoms in total. The number of rotatable bonds is 3. The predicted molar refractivity (Wildman–Crippen MR) is 64.9 cm³/mol. The molecule has 2 aromatic rings. The highest BCUT2D eigenvalue weighted by Gasteiger charge is 2.17. The Bertz CT molecular complexity index is 570. The molecule has 7 heteroatoms. The van der Waals surface area contributed by atoms with E-state index < -0.39 is 0 Å². The molecule has 0 bridgehead atoms. The van der Waals surface area contributed by atoms with E-state index in [1.807, 2.05) is 13.8 Å². The maximum absolute atomic E-state index is 12.2. The van der Waals surface area contributed by atoms with Gasteiger partial charge in [0.05, 0.1) is 12.2 Å². The Kier molecular flexibility index (Phi) is 3.14. The van der Waals surface area contributed by atoms with Crippen molar-refractivity contribution in [2.24, 2.45) is 7.05 Å². The SMILES string of the molecule is Cc1cc(C(=O)N(C)Cc2n[nH]c(C)n2)n(C)n1. The summed E-state index contributed by atoms with van der Waals surface area (Å²) in [6, 6.07) is 1.77. The molecule has 1 amide bonds. The van der Waals surface area contributed by atoms with Gasteiger partial charge >= 0.3 is 0 Å². The van der Waals surface area contributed by atoms with Gasteiger partial charge in [0, 0.05) is 14.1 Å². The van der Waals surface area contributed by atoms with E-state index in [0.29, 0.717) is 18.1 Å². The van der Waals surface area contributed by atoms with E-state index in [1.54, 1.807) is 29.7 Å². The van der Waals surface area contributed by atoms with Crippen LogP contribution in [0.15, 0.2) is 6.07 Å². The second kappa shape index (κ2) is 4.59. The minimum absolute atomic E-state index is 0.0967. The number of aryl methyl sites for hydroxylation is 3. The first kappa shape index (κ1) is 12.3. The molecule has 18 heavy (non-hydrogen) atoms. The van der Waals surface area contributed by atoms with E-state index in [9.17, 15) is 4.79 Å². The maximum atomic E-state index is 12.2. The molecule has 0 spiro atoms. The van der Waals surface area contributed by atoms with Gasteiger partial charge < -0.3 is 4.90 Å². The van der Waals surface area contributed by atoms with Crippen LogP contribution in [0, 0.1) is 13.8 Å². The summed E-state index contributed by atoms with van der Waals surface area (Å²) in [6.07, 6.45) is 0. The second-order valence-electron chi connectivity index (χ2n) is 4.29. The number of nitrogens with zero attached hydrogens (tertiary/aromatic N) is 5. The number of amides is 1. The lowest BCUT2D eigenvalue weighted by molar-refractivity contribution is 0.0770. The fourth-order valence-corrected chi connectivity index (χ4v) is 1.75. The summed E-state index contributed by atoms with van der Waals surface area (Å²) in [5.41, 5.74) is 1.38. The molecule has 0 atom stereocenters. The minimum Gasteiger partial charge on any atom is -0.333 e. The van der Waals surface area contributed by atoms with E-state index in [-0.39, 0.29) is 5.91 Å². The molecule has 0 saturated carbocycles. The van der Waals surface area contributed by atoms with Gasteiger partial charge in [-0.05, 0) is 19.9 Å². The first-order valence-electron chi connectivity index (χ1n) is 5.61.